The van der Waals surface area contributed by atoms with Crippen LogP contribution in [0.1, 0.15) is 19.3 Å². The van der Waals surface area contributed by atoms with Crippen molar-refractivity contribution in [3.05, 3.63) is 12.2 Å². The highest BCUT2D eigenvalue weighted by atomic mass is 31.2. The largest absolute Gasteiger partial charge is 0.465 e. The quantitative estimate of drug-likeness (QED) is 0.516. The van der Waals surface area contributed by atoms with Gasteiger partial charge in [0, 0.05) is 6.54 Å². The summed E-state index contributed by atoms with van der Waals surface area (Å²) in [5.41, 5.74) is 0. The number of hydrogen-bond donors (Lipinski definition) is 3. The fraction of sp³-hybridized carbons (Fsp3) is 0.667. The summed E-state index contributed by atoms with van der Waals surface area (Å²) in [7, 11) is -4.03. The van der Waals surface area contributed by atoms with Gasteiger partial charge in [-0.2, -0.15) is 0 Å². The number of carbonyl (C=O) groups is 1. The molecule has 1 saturated heterocycles. The zero-order valence-corrected chi connectivity index (χ0v) is 9.71. The molecule has 1 atom stereocenters. The van der Waals surface area contributed by atoms with Gasteiger partial charge in [-0.05, 0) is 19.3 Å². The molecule has 1 aliphatic heterocycles. The SMILES string of the molecule is O=C(O)N1CCCCC1C=CCP(=O)(O)O. The lowest BCUT2D eigenvalue weighted by atomic mass is 10.0. The van der Waals surface area contributed by atoms with Gasteiger partial charge in [0.1, 0.15) is 0 Å². The number of amides is 1. The average Bonchev–Trinajstić information content (AvgIpc) is 2.16. The molecule has 0 radical (unpaired) electrons. The molecule has 0 aromatic rings. The molecule has 1 amide bonds. The fourth-order valence-corrected chi connectivity index (χ4v) is 2.15. The van der Waals surface area contributed by atoms with Gasteiger partial charge in [-0.3, -0.25) is 4.57 Å². The van der Waals surface area contributed by atoms with Crippen LogP contribution in [-0.2, 0) is 4.57 Å². The zero-order valence-electron chi connectivity index (χ0n) is 8.82. The molecule has 16 heavy (non-hydrogen) atoms. The fourth-order valence-electron chi connectivity index (χ4n) is 1.75. The summed E-state index contributed by atoms with van der Waals surface area (Å²) in [6, 6.07) is -0.252. The predicted octanol–water partition coefficient (Wildman–Crippen LogP) is 1.25. The van der Waals surface area contributed by atoms with Crippen LogP contribution < -0.4 is 0 Å². The second kappa shape index (κ2) is 5.48. The Hall–Kier alpha value is -0.840. The summed E-state index contributed by atoms with van der Waals surface area (Å²) in [6.45, 7) is 0.486. The van der Waals surface area contributed by atoms with Crippen LogP contribution in [0.15, 0.2) is 12.2 Å². The van der Waals surface area contributed by atoms with E-state index >= 15 is 0 Å². The maximum Gasteiger partial charge on any atom is 0.407 e. The molecule has 7 heteroatoms. The predicted molar refractivity (Wildman–Crippen MR) is 58.4 cm³/mol. The van der Waals surface area contributed by atoms with Crippen molar-refractivity contribution in [2.24, 2.45) is 0 Å². The van der Waals surface area contributed by atoms with E-state index in [1.807, 2.05) is 0 Å². The van der Waals surface area contributed by atoms with E-state index in [0.717, 1.165) is 12.8 Å². The number of nitrogens with zero attached hydrogens (tertiary/aromatic N) is 1. The smallest absolute Gasteiger partial charge is 0.407 e. The molecule has 0 aliphatic carbocycles. The first kappa shape index (κ1) is 13.2. The first-order chi connectivity index (χ1) is 7.40. The van der Waals surface area contributed by atoms with E-state index < -0.39 is 13.7 Å². The van der Waals surface area contributed by atoms with Crippen LogP contribution in [0.4, 0.5) is 4.79 Å². The third kappa shape index (κ3) is 4.35. The van der Waals surface area contributed by atoms with Gasteiger partial charge < -0.3 is 19.8 Å². The van der Waals surface area contributed by atoms with Gasteiger partial charge in [0.2, 0.25) is 0 Å². The monoisotopic (exact) mass is 249 g/mol. The first-order valence-electron chi connectivity index (χ1n) is 5.11. The Kier molecular flexibility index (Phi) is 4.53. The Morgan fingerprint density at radius 2 is 2.12 bits per heavy atom. The van der Waals surface area contributed by atoms with Gasteiger partial charge in [0.15, 0.2) is 0 Å². The molecule has 0 spiro atoms. The third-order valence-electron chi connectivity index (χ3n) is 2.50. The van der Waals surface area contributed by atoms with E-state index in [1.54, 1.807) is 6.08 Å². The van der Waals surface area contributed by atoms with Crippen molar-refractivity contribution in [3.8, 4) is 0 Å². The topological polar surface area (TPSA) is 98.1 Å². The van der Waals surface area contributed by atoms with Crippen LogP contribution in [0.25, 0.3) is 0 Å². The summed E-state index contributed by atoms with van der Waals surface area (Å²) in [4.78, 5) is 29.5. The maximum absolute atomic E-state index is 10.9. The average molecular weight is 249 g/mol. The third-order valence-corrected chi connectivity index (χ3v) is 3.18. The van der Waals surface area contributed by atoms with Crippen molar-refractivity contribution in [1.29, 1.82) is 0 Å². The zero-order chi connectivity index (χ0) is 12.2. The number of allylic oxidation sites excluding steroid dienone is 1. The van der Waals surface area contributed by atoms with Crippen molar-refractivity contribution < 1.29 is 24.3 Å². The molecule has 1 fully saturated rings. The Morgan fingerprint density at radius 1 is 1.44 bits per heavy atom. The van der Waals surface area contributed by atoms with Crippen LogP contribution in [0, 0.1) is 0 Å². The van der Waals surface area contributed by atoms with Crippen LogP contribution in [0.3, 0.4) is 0 Å². The second-order valence-corrected chi connectivity index (χ2v) is 5.51. The molecule has 0 aromatic carbocycles. The van der Waals surface area contributed by atoms with Crippen LogP contribution in [0.2, 0.25) is 0 Å². The molecular weight excluding hydrogens is 233 g/mol. The summed E-state index contributed by atoms with van der Waals surface area (Å²) in [5.74, 6) is 0. The lowest BCUT2D eigenvalue weighted by Crippen LogP contribution is -2.41. The van der Waals surface area contributed by atoms with Gasteiger partial charge in [0.05, 0.1) is 12.2 Å². The number of rotatable bonds is 3. The molecule has 1 heterocycles. The van der Waals surface area contributed by atoms with Crippen LogP contribution >= 0.6 is 7.60 Å². The number of piperidine rings is 1. The van der Waals surface area contributed by atoms with Gasteiger partial charge in [-0.1, -0.05) is 12.2 Å². The molecule has 1 unspecified atom stereocenters. The Balaban J connectivity index is 2.56. The summed E-state index contributed by atoms with van der Waals surface area (Å²) >= 11 is 0. The Bertz CT molecular complexity index is 324. The molecule has 0 bridgehead atoms. The maximum atomic E-state index is 10.9. The number of likely N-dealkylation sites (tertiary alicyclic amines) is 1. The van der Waals surface area contributed by atoms with Crippen molar-refractivity contribution in [3.63, 3.8) is 0 Å². The van der Waals surface area contributed by atoms with Gasteiger partial charge >= 0.3 is 13.7 Å². The Morgan fingerprint density at radius 3 is 2.69 bits per heavy atom. The van der Waals surface area contributed by atoms with Crippen LogP contribution in [-0.4, -0.2) is 44.6 Å². The van der Waals surface area contributed by atoms with Gasteiger partial charge in [0.25, 0.3) is 0 Å². The first-order valence-corrected chi connectivity index (χ1v) is 6.91. The van der Waals surface area contributed by atoms with Gasteiger partial charge in [-0.25, -0.2) is 4.79 Å². The van der Waals surface area contributed by atoms with E-state index in [9.17, 15) is 9.36 Å². The number of carboxylic acid groups (broad SMARTS) is 1. The van der Waals surface area contributed by atoms with E-state index in [2.05, 4.69) is 0 Å². The summed E-state index contributed by atoms with van der Waals surface area (Å²) < 4.78 is 10.6. The molecule has 0 saturated carbocycles. The number of hydrogen-bond acceptors (Lipinski definition) is 2. The molecule has 0 aromatic heterocycles. The van der Waals surface area contributed by atoms with Crippen molar-refractivity contribution >= 4 is 13.7 Å². The summed E-state index contributed by atoms with van der Waals surface area (Å²) in [5, 5.41) is 8.91. The Labute approximate surface area is 93.7 Å². The lowest BCUT2D eigenvalue weighted by Gasteiger charge is -2.31. The van der Waals surface area contributed by atoms with Crippen molar-refractivity contribution in [2.45, 2.75) is 25.3 Å². The standard InChI is InChI=1S/C9H16NO5P/c11-9(12)10-6-2-1-4-8(10)5-3-7-16(13,14)15/h3,5,8H,1-2,4,6-7H2,(H,11,12)(H2,13,14,15). The van der Waals surface area contributed by atoms with E-state index in [1.165, 1.54) is 11.0 Å². The van der Waals surface area contributed by atoms with E-state index in [4.69, 9.17) is 14.9 Å². The lowest BCUT2D eigenvalue weighted by molar-refractivity contribution is 0.119. The minimum atomic E-state index is -4.03. The van der Waals surface area contributed by atoms with Crippen molar-refractivity contribution in [2.75, 3.05) is 12.7 Å². The highest BCUT2D eigenvalue weighted by molar-refractivity contribution is 7.51. The highest BCUT2D eigenvalue weighted by Gasteiger charge is 2.24. The van der Waals surface area contributed by atoms with Gasteiger partial charge in [-0.15, -0.1) is 0 Å². The normalized spacial score (nSPS) is 22.6. The molecule has 92 valence electrons. The molecule has 6 nitrogen and oxygen atoms in total. The molecule has 1 aliphatic rings. The van der Waals surface area contributed by atoms with E-state index in [0.29, 0.717) is 13.0 Å². The second-order valence-electron chi connectivity index (χ2n) is 3.81. The van der Waals surface area contributed by atoms with Crippen LogP contribution in [0.5, 0.6) is 0 Å². The van der Waals surface area contributed by atoms with E-state index in [-0.39, 0.29) is 12.2 Å². The summed E-state index contributed by atoms with van der Waals surface area (Å²) in [6.07, 6.45) is 4.12. The highest BCUT2D eigenvalue weighted by Crippen LogP contribution is 2.34. The molecule has 3 N–H and O–H groups in total. The molecular formula is C9H16NO5P. The van der Waals surface area contributed by atoms with Crippen molar-refractivity contribution in [1.82, 2.24) is 4.90 Å². The molecule has 1 rings (SSSR count). The minimum Gasteiger partial charge on any atom is -0.465 e. The minimum absolute atomic E-state index is 0.252.